The molecule has 1 aromatic heterocycles. The van der Waals surface area contributed by atoms with E-state index >= 15 is 0 Å². The van der Waals surface area contributed by atoms with Crippen LogP contribution in [0.5, 0.6) is 10.8 Å². The van der Waals surface area contributed by atoms with Crippen molar-refractivity contribution in [2.24, 2.45) is 5.92 Å². The molecule has 4 heterocycles. The van der Waals surface area contributed by atoms with Gasteiger partial charge in [-0.3, -0.25) is 0 Å². The largest absolute Gasteiger partial charge is 0.494 e. The fourth-order valence-electron chi connectivity index (χ4n) is 3.84. The third-order valence-corrected chi connectivity index (χ3v) is 6.18. The van der Waals surface area contributed by atoms with E-state index in [0.717, 1.165) is 35.8 Å². The van der Waals surface area contributed by atoms with Crippen molar-refractivity contribution in [1.82, 2.24) is 10.2 Å². The molecule has 6 heteroatoms. The second kappa shape index (κ2) is 7.68. The van der Waals surface area contributed by atoms with Gasteiger partial charge in [-0.05, 0) is 68.6 Å². The number of ether oxygens (including phenoxy) is 2. The first-order valence-electron chi connectivity index (χ1n) is 9.25. The number of hydrogen-bond donors (Lipinski definition) is 1. The number of benzene rings is 1. The van der Waals surface area contributed by atoms with Gasteiger partial charge in [-0.15, -0.1) is 0 Å². The van der Waals surface area contributed by atoms with E-state index in [1.165, 1.54) is 24.2 Å². The quantitative estimate of drug-likeness (QED) is 0.862. The fourth-order valence-corrected chi connectivity index (χ4v) is 4.69. The van der Waals surface area contributed by atoms with E-state index in [0.29, 0.717) is 17.6 Å². The number of carbonyl (C=O) groups is 1. The molecule has 5 nitrogen and oxygen atoms in total. The van der Waals surface area contributed by atoms with Crippen LogP contribution in [0.3, 0.4) is 0 Å². The molecule has 1 N–H and O–H groups in total. The van der Waals surface area contributed by atoms with Gasteiger partial charge < -0.3 is 19.7 Å². The van der Waals surface area contributed by atoms with Crippen molar-refractivity contribution in [3.63, 3.8) is 0 Å². The van der Waals surface area contributed by atoms with E-state index in [-0.39, 0.29) is 12.1 Å². The van der Waals surface area contributed by atoms with Gasteiger partial charge in [0.15, 0.2) is 5.06 Å². The summed E-state index contributed by atoms with van der Waals surface area (Å²) < 4.78 is 11.1. The average molecular weight is 372 g/mol. The fraction of sp³-hybridized carbons (Fsp3) is 0.450. The summed E-state index contributed by atoms with van der Waals surface area (Å²) in [5.74, 6) is 1.44. The molecule has 3 aliphatic heterocycles. The molecular formula is C20H24N2O3S. The predicted molar refractivity (Wildman–Crippen MR) is 103 cm³/mol. The maximum atomic E-state index is 12.3. The number of rotatable bonds is 5. The highest BCUT2D eigenvalue weighted by Crippen LogP contribution is 2.34. The Morgan fingerprint density at radius 2 is 2.12 bits per heavy atom. The molecule has 0 saturated carbocycles. The number of amides is 1. The van der Waals surface area contributed by atoms with E-state index in [2.05, 4.69) is 10.2 Å². The molecule has 3 aliphatic rings. The summed E-state index contributed by atoms with van der Waals surface area (Å²) in [5.41, 5.74) is 1.06. The maximum Gasteiger partial charge on any atom is 0.413 e. The molecule has 2 bridgehead atoms. The van der Waals surface area contributed by atoms with Crippen LogP contribution in [0.25, 0.3) is 10.4 Å². The lowest BCUT2D eigenvalue weighted by atomic mass is 9.84. The Morgan fingerprint density at radius 1 is 1.27 bits per heavy atom. The van der Waals surface area contributed by atoms with Crippen molar-refractivity contribution in [3.8, 4) is 21.3 Å². The molecule has 2 aromatic rings. The first-order chi connectivity index (χ1) is 12.7. The Hall–Kier alpha value is -2.05. The van der Waals surface area contributed by atoms with Gasteiger partial charge in [-0.2, -0.15) is 0 Å². The highest BCUT2D eigenvalue weighted by Gasteiger charge is 2.35. The van der Waals surface area contributed by atoms with E-state index < -0.39 is 0 Å². The summed E-state index contributed by atoms with van der Waals surface area (Å²) in [5, 5.41) is 3.67. The second-order valence-electron chi connectivity index (χ2n) is 6.86. The number of carbonyl (C=O) groups excluding carboxylic acids is 1. The first-order valence-corrected chi connectivity index (χ1v) is 10.1. The highest BCUT2D eigenvalue weighted by molar-refractivity contribution is 7.17. The standard InChI is InChI=1S/C20H24N2O3S/c1-2-24-16-5-3-4-15(12-16)18-6-7-19(26-18)25-20(23)21-17-13-22-10-8-14(17)9-11-22/h3-7,12,14,17H,2,8-11,13H2,1H3,(H,21,23)/t17-/m0/s1. The maximum absolute atomic E-state index is 12.3. The van der Waals surface area contributed by atoms with Gasteiger partial charge in [-0.1, -0.05) is 23.5 Å². The van der Waals surface area contributed by atoms with Gasteiger partial charge in [0.2, 0.25) is 0 Å². The first kappa shape index (κ1) is 17.4. The zero-order valence-electron chi connectivity index (χ0n) is 14.9. The third-order valence-electron chi connectivity index (χ3n) is 5.16. The SMILES string of the molecule is CCOc1cccc(-c2ccc(OC(=O)N[C@H]3CN4CCC3CC4)s2)c1. The van der Waals surface area contributed by atoms with Crippen LogP contribution >= 0.6 is 11.3 Å². The number of nitrogens with one attached hydrogen (secondary N) is 1. The van der Waals surface area contributed by atoms with E-state index in [1.807, 2.05) is 43.3 Å². The summed E-state index contributed by atoms with van der Waals surface area (Å²) in [6, 6.07) is 12.0. The molecule has 138 valence electrons. The molecule has 26 heavy (non-hydrogen) atoms. The smallest absolute Gasteiger partial charge is 0.413 e. The van der Waals surface area contributed by atoms with Crippen LogP contribution in [0.4, 0.5) is 4.79 Å². The van der Waals surface area contributed by atoms with Crippen molar-refractivity contribution in [1.29, 1.82) is 0 Å². The van der Waals surface area contributed by atoms with Gasteiger partial charge in [-0.25, -0.2) is 4.79 Å². The molecule has 1 atom stereocenters. The molecule has 0 spiro atoms. The van der Waals surface area contributed by atoms with Crippen LogP contribution in [0.1, 0.15) is 19.8 Å². The number of nitrogens with zero attached hydrogens (tertiary/aromatic N) is 1. The van der Waals surface area contributed by atoms with Crippen LogP contribution in [0.2, 0.25) is 0 Å². The zero-order chi connectivity index (χ0) is 17.9. The van der Waals surface area contributed by atoms with Gasteiger partial charge in [0.1, 0.15) is 5.75 Å². The normalized spacial score (nSPS) is 24.3. The van der Waals surface area contributed by atoms with Crippen LogP contribution in [0, 0.1) is 5.92 Å². The van der Waals surface area contributed by atoms with Crippen molar-refractivity contribution >= 4 is 17.4 Å². The molecule has 0 unspecified atom stereocenters. The molecule has 0 radical (unpaired) electrons. The Bertz CT molecular complexity index is 768. The number of thiophene rings is 1. The Balaban J connectivity index is 1.37. The van der Waals surface area contributed by atoms with Crippen LogP contribution in [0.15, 0.2) is 36.4 Å². The zero-order valence-corrected chi connectivity index (χ0v) is 15.8. The molecule has 1 aromatic carbocycles. The second-order valence-corrected chi connectivity index (χ2v) is 7.90. The number of hydrogen-bond acceptors (Lipinski definition) is 5. The lowest BCUT2D eigenvalue weighted by Gasteiger charge is -2.44. The Labute approximate surface area is 157 Å². The summed E-state index contributed by atoms with van der Waals surface area (Å²) in [6.07, 6.45) is 1.99. The summed E-state index contributed by atoms with van der Waals surface area (Å²) in [7, 11) is 0. The van der Waals surface area contributed by atoms with Gasteiger partial charge in [0.05, 0.1) is 6.61 Å². The lowest BCUT2D eigenvalue weighted by molar-refractivity contribution is 0.0726. The molecule has 0 aliphatic carbocycles. The molecule has 3 fully saturated rings. The van der Waals surface area contributed by atoms with Crippen LogP contribution in [-0.4, -0.2) is 43.3 Å². The minimum absolute atomic E-state index is 0.215. The van der Waals surface area contributed by atoms with Crippen LogP contribution in [-0.2, 0) is 0 Å². The van der Waals surface area contributed by atoms with Crippen LogP contribution < -0.4 is 14.8 Å². The molecule has 5 rings (SSSR count). The van der Waals surface area contributed by atoms with Crippen molar-refractivity contribution in [3.05, 3.63) is 36.4 Å². The van der Waals surface area contributed by atoms with Crippen molar-refractivity contribution < 1.29 is 14.3 Å². The lowest BCUT2D eigenvalue weighted by Crippen LogP contribution is -2.57. The Kier molecular flexibility index (Phi) is 5.13. The van der Waals surface area contributed by atoms with Gasteiger partial charge in [0, 0.05) is 17.5 Å². The highest BCUT2D eigenvalue weighted by atomic mass is 32.1. The predicted octanol–water partition coefficient (Wildman–Crippen LogP) is 4.00. The minimum atomic E-state index is -0.347. The Morgan fingerprint density at radius 3 is 2.85 bits per heavy atom. The van der Waals surface area contributed by atoms with E-state index in [9.17, 15) is 4.79 Å². The topological polar surface area (TPSA) is 50.8 Å². The van der Waals surface area contributed by atoms with Gasteiger partial charge in [0.25, 0.3) is 0 Å². The number of piperidine rings is 3. The summed E-state index contributed by atoms with van der Waals surface area (Å²) >= 11 is 1.47. The van der Waals surface area contributed by atoms with Crippen molar-refractivity contribution in [2.45, 2.75) is 25.8 Å². The average Bonchev–Trinajstić information content (AvgIpc) is 3.11. The van der Waals surface area contributed by atoms with Crippen molar-refractivity contribution in [2.75, 3.05) is 26.2 Å². The monoisotopic (exact) mass is 372 g/mol. The van der Waals surface area contributed by atoms with Gasteiger partial charge >= 0.3 is 6.09 Å². The molecule has 1 amide bonds. The minimum Gasteiger partial charge on any atom is -0.494 e. The third kappa shape index (κ3) is 3.86. The summed E-state index contributed by atoms with van der Waals surface area (Å²) in [6.45, 7) is 5.87. The summed E-state index contributed by atoms with van der Waals surface area (Å²) in [4.78, 5) is 15.7. The van der Waals surface area contributed by atoms with E-state index in [1.54, 1.807) is 0 Å². The molecule has 3 saturated heterocycles. The van der Waals surface area contributed by atoms with E-state index in [4.69, 9.17) is 9.47 Å². The molecular weight excluding hydrogens is 348 g/mol. The number of fused-ring (bicyclic) bond motifs is 3.